The van der Waals surface area contributed by atoms with Crippen LogP contribution in [-0.4, -0.2) is 75.1 Å². The van der Waals surface area contributed by atoms with Crippen LogP contribution < -0.4 is 27.4 Å². The van der Waals surface area contributed by atoms with E-state index in [9.17, 15) is 39.0 Å². The van der Waals surface area contributed by atoms with E-state index in [0.29, 0.717) is 5.56 Å². The highest BCUT2D eigenvalue weighted by atomic mass is 16.4. The summed E-state index contributed by atoms with van der Waals surface area (Å²) in [6.07, 6.45) is -1.51. The number of carboxylic acid groups (broad SMARTS) is 2. The van der Waals surface area contributed by atoms with Crippen LogP contribution in [0.25, 0.3) is 0 Å². The molecule has 1 aromatic rings. The molecule has 0 bridgehead atoms. The van der Waals surface area contributed by atoms with Crippen molar-refractivity contribution < 1.29 is 44.1 Å². The number of aliphatic carboxylic acids is 2. The maximum absolute atomic E-state index is 13.0. The molecule has 10 N–H and O–H groups in total. The molecule has 14 heteroatoms. The van der Waals surface area contributed by atoms with Gasteiger partial charge in [0.2, 0.25) is 23.6 Å². The number of benzene rings is 1. The Balaban J connectivity index is 3.14. The maximum atomic E-state index is 13.0. The monoisotopic (exact) mass is 509 g/mol. The minimum Gasteiger partial charge on any atom is -0.508 e. The largest absolute Gasteiger partial charge is 0.508 e. The minimum atomic E-state index is -1.76. The predicted molar refractivity (Wildman–Crippen MR) is 124 cm³/mol. The third-order valence-corrected chi connectivity index (χ3v) is 5.01. The molecule has 4 atom stereocenters. The van der Waals surface area contributed by atoms with Crippen molar-refractivity contribution in [1.82, 2.24) is 16.0 Å². The molecule has 0 aliphatic rings. The molecule has 0 saturated carbocycles. The quantitative estimate of drug-likeness (QED) is 0.134. The molecule has 0 spiro atoms. The lowest BCUT2D eigenvalue weighted by Crippen LogP contribution is -2.59. The van der Waals surface area contributed by atoms with Crippen LogP contribution in [-0.2, 0) is 35.2 Å². The number of carbonyl (C=O) groups is 6. The summed E-state index contributed by atoms with van der Waals surface area (Å²) < 4.78 is 0. The van der Waals surface area contributed by atoms with Crippen molar-refractivity contribution in [3.05, 3.63) is 29.8 Å². The van der Waals surface area contributed by atoms with E-state index in [1.807, 2.05) is 0 Å². The lowest BCUT2D eigenvalue weighted by atomic mass is 10.00. The minimum absolute atomic E-state index is 0.0499. The van der Waals surface area contributed by atoms with E-state index in [4.69, 9.17) is 16.6 Å². The molecule has 0 aromatic heterocycles. The average molecular weight is 510 g/mol. The molecule has 36 heavy (non-hydrogen) atoms. The van der Waals surface area contributed by atoms with Crippen molar-refractivity contribution in [1.29, 1.82) is 0 Å². The van der Waals surface area contributed by atoms with E-state index >= 15 is 0 Å². The molecule has 4 amide bonds. The number of primary amides is 1. The fraction of sp³-hybridized carbons (Fsp3) is 0.455. The molecule has 0 saturated heterocycles. The molecule has 0 aliphatic heterocycles. The molecule has 0 heterocycles. The summed E-state index contributed by atoms with van der Waals surface area (Å²) in [6, 6.07) is -0.0179. The van der Waals surface area contributed by atoms with Gasteiger partial charge in [0.25, 0.3) is 0 Å². The SMILES string of the molecule is CC(C)C(NC(=O)C(N)CC(N)=O)C(=O)NC(Cc1ccc(O)cc1)C(=O)NC(CC(=O)O)C(=O)O. The van der Waals surface area contributed by atoms with Gasteiger partial charge in [-0.2, -0.15) is 0 Å². The standard InChI is InChI=1S/C22H31N5O9/c1-10(2)18(27-19(32)13(23)8-16(24)29)21(34)25-14(7-11-3-5-12(28)6-4-11)20(33)26-15(22(35)36)9-17(30)31/h3-6,10,13-15,18,28H,7-9,23H2,1-2H3,(H2,24,29)(H,25,34)(H,26,33)(H,27,32)(H,30,31)(H,35,36). The molecule has 0 aliphatic carbocycles. The third kappa shape index (κ3) is 9.97. The Morgan fingerprint density at radius 2 is 1.39 bits per heavy atom. The summed E-state index contributed by atoms with van der Waals surface area (Å²) in [7, 11) is 0. The molecule has 1 aromatic carbocycles. The van der Waals surface area contributed by atoms with Crippen molar-refractivity contribution in [2.24, 2.45) is 17.4 Å². The van der Waals surface area contributed by atoms with Crippen molar-refractivity contribution in [2.75, 3.05) is 0 Å². The van der Waals surface area contributed by atoms with Gasteiger partial charge in [-0.3, -0.25) is 24.0 Å². The van der Waals surface area contributed by atoms with Crippen molar-refractivity contribution in [2.45, 2.75) is 57.3 Å². The predicted octanol–water partition coefficient (Wildman–Crippen LogP) is -2.19. The lowest BCUT2D eigenvalue weighted by Gasteiger charge is -2.27. The number of rotatable bonds is 14. The number of phenolic OH excluding ortho intramolecular Hbond substituents is 1. The van der Waals surface area contributed by atoms with E-state index in [-0.39, 0.29) is 12.2 Å². The summed E-state index contributed by atoms with van der Waals surface area (Å²) in [5, 5.41) is 34.6. The Bertz CT molecular complexity index is 981. The van der Waals surface area contributed by atoms with Gasteiger partial charge in [-0.25, -0.2) is 4.79 Å². The van der Waals surface area contributed by atoms with Crippen molar-refractivity contribution in [3.63, 3.8) is 0 Å². The fourth-order valence-corrected chi connectivity index (χ4v) is 3.09. The van der Waals surface area contributed by atoms with Gasteiger partial charge in [-0.05, 0) is 23.6 Å². The van der Waals surface area contributed by atoms with E-state index in [1.165, 1.54) is 24.3 Å². The van der Waals surface area contributed by atoms with Crippen LogP contribution in [0.2, 0.25) is 0 Å². The third-order valence-electron chi connectivity index (χ3n) is 5.01. The first-order chi connectivity index (χ1) is 16.7. The fourth-order valence-electron chi connectivity index (χ4n) is 3.09. The van der Waals surface area contributed by atoms with Crippen LogP contribution >= 0.6 is 0 Å². The van der Waals surface area contributed by atoms with Crippen LogP contribution in [0.5, 0.6) is 5.75 Å². The van der Waals surface area contributed by atoms with Crippen LogP contribution in [0, 0.1) is 5.92 Å². The second kappa shape index (κ2) is 13.6. The molecule has 1 rings (SSSR count). The number of phenols is 1. The summed E-state index contributed by atoms with van der Waals surface area (Å²) in [5.74, 6) is -7.03. The molecule has 14 nitrogen and oxygen atoms in total. The summed E-state index contributed by atoms with van der Waals surface area (Å²) in [6.45, 7) is 3.21. The Morgan fingerprint density at radius 3 is 1.86 bits per heavy atom. The zero-order valence-corrected chi connectivity index (χ0v) is 19.8. The first kappa shape index (κ1) is 29.8. The van der Waals surface area contributed by atoms with Gasteiger partial charge in [-0.15, -0.1) is 0 Å². The Labute approximate surface area is 206 Å². The maximum Gasteiger partial charge on any atom is 0.326 e. The van der Waals surface area contributed by atoms with Gasteiger partial charge in [0.1, 0.15) is 23.9 Å². The van der Waals surface area contributed by atoms with E-state index in [1.54, 1.807) is 13.8 Å². The van der Waals surface area contributed by atoms with Gasteiger partial charge in [0.05, 0.1) is 18.9 Å². The van der Waals surface area contributed by atoms with Crippen molar-refractivity contribution in [3.8, 4) is 5.75 Å². The molecule has 4 unspecified atom stereocenters. The molecular weight excluding hydrogens is 478 g/mol. The first-order valence-corrected chi connectivity index (χ1v) is 10.9. The van der Waals surface area contributed by atoms with Gasteiger partial charge in [0, 0.05) is 6.42 Å². The number of nitrogens with two attached hydrogens (primary N) is 2. The first-order valence-electron chi connectivity index (χ1n) is 10.9. The molecule has 0 fully saturated rings. The van der Waals surface area contributed by atoms with Crippen LogP contribution in [0.15, 0.2) is 24.3 Å². The average Bonchev–Trinajstić information content (AvgIpc) is 2.76. The molecule has 0 radical (unpaired) electrons. The van der Waals surface area contributed by atoms with Gasteiger partial charge in [-0.1, -0.05) is 26.0 Å². The number of aromatic hydroxyl groups is 1. The second-order valence-corrected chi connectivity index (χ2v) is 8.44. The van der Waals surface area contributed by atoms with E-state index in [0.717, 1.165) is 0 Å². The lowest BCUT2D eigenvalue weighted by molar-refractivity contribution is -0.147. The second-order valence-electron chi connectivity index (χ2n) is 8.44. The summed E-state index contributed by atoms with van der Waals surface area (Å²) in [4.78, 5) is 71.6. The number of hydrogen-bond acceptors (Lipinski definition) is 8. The summed E-state index contributed by atoms with van der Waals surface area (Å²) >= 11 is 0. The molecule has 198 valence electrons. The summed E-state index contributed by atoms with van der Waals surface area (Å²) in [5.41, 5.74) is 11.1. The number of carboxylic acids is 2. The zero-order chi connectivity index (χ0) is 27.6. The van der Waals surface area contributed by atoms with E-state index < -0.39 is 78.5 Å². The number of amides is 4. The van der Waals surface area contributed by atoms with Crippen LogP contribution in [0.4, 0.5) is 0 Å². The Morgan fingerprint density at radius 1 is 0.833 bits per heavy atom. The Hall–Kier alpha value is -4.20. The smallest absolute Gasteiger partial charge is 0.326 e. The Kier molecular flexibility index (Phi) is 11.3. The molecular formula is C22H31N5O9. The zero-order valence-electron chi connectivity index (χ0n) is 19.8. The highest BCUT2D eigenvalue weighted by molar-refractivity contribution is 5.95. The van der Waals surface area contributed by atoms with Crippen LogP contribution in [0.1, 0.15) is 32.3 Å². The van der Waals surface area contributed by atoms with Gasteiger partial charge in [0.15, 0.2) is 0 Å². The number of hydrogen-bond donors (Lipinski definition) is 8. The van der Waals surface area contributed by atoms with E-state index in [2.05, 4.69) is 16.0 Å². The highest BCUT2D eigenvalue weighted by Crippen LogP contribution is 2.12. The number of carbonyl (C=O) groups excluding carboxylic acids is 4. The number of nitrogens with one attached hydrogen (secondary N) is 3. The highest BCUT2D eigenvalue weighted by Gasteiger charge is 2.32. The van der Waals surface area contributed by atoms with Crippen LogP contribution in [0.3, 0.4) is 0 Å². The van der Waals surface area contributed by atoms with Crippen molar-refractivity contribution >= 4 is 35.6 Å². The topological polar surface area (TPSA) is 251 Å². The van der Waals surface area contributed by atoms with Gasteiger partial charge >= 0.3 is 11.9 Å². The van der Waals surface area contributed by atoms with Gasteiger partial charge < -0.3 is 42.7 Å². The normalized spacial score (nSPS) is 14.1.